The van der Waals surface area contributed by atoms with Gasteiger partial charge in [-0.05, 0) is 46.8 Å². The molecule has 2 aliphatic heterocycles. The molecule has 5 heteroatoms. The lowest BCUT2D eigenvalue weighted by molar-refractivity contribution is 0.177. The number of anilines is 1. The van der Waals surface area contributed by atoms with Crippen molar-refractivity contribution in [2.75, 3.05) is 31.1 Å². The van der Waals surface area contributed by atoms with E-state index >= 15 is 0 Å². The van der Waals surface area contributed by atoms with Gasteiger partial charge in [-0.25, -0.2) is 0 Å². The molecule has 0 atom stereocenters. The molecule has 3 heterocycles. The number of fused-ring (bicyclic) bond motifs is 1. The SMILES string of the molecule is C=C(CC(C)(C)C)N1CCN(c2c(CC)cnc3cc(B4CC(C)(C)C(C)(C)C4)c(Cl)cc23)CC1. The summed E-state index contributed by atoms with van der Waals surface area (Å²) in [4.78, 5) is 9.96. The molecule has 2 aromatic rings. The fourth-order valence-electron chi connectivity index (χ4n) is 6.25. The van der Waals surface area contributed by atoms with Crippen LogP contribution in [0.2, 0.25) is 17.7 Å². The third-order valence-electron chi connectivity index (χ3n) is 8.98. The second kappa shape index (κ2) is 9.32. The van der Waals surface area contributed by atoms with E-state index in [-0.39, 0.29) is 5.41 Å². The first kappa shape index (κ1) is 26.4. The number of pyridine rings is 1. The topological polar surface area (TPSA) is 19.4 Å². The Hall–Kier alpha value is -1.68. The maximum absolute atomic E-state index is 7.04. The number of aromatic nitrogens is 1. The van der Waals surface area contributed by atoms with Crippen LogP contribution in [0.5, 0.6) is 0 Å². The summed E-state index contributed by atoms with van der Waals surface area (Å²) in [6.45, 7) is 27.6. The van der Waals surface area contributed by atoms with Crippen LogP contribution in [-0.4, -0.2) is 42.8 Å². The Morgan fingerprint density at radius 1 is 1.06 bits per heavy atom. The number of halogens is 1. The molecule has 3 nitrogen and oxygen atoms in total. The minimum atomic E-state index is 0.267. The number of allylic oxidation sites excluding steroid dienone is 1. The van der Waals surface area contributed by atoms with Crippen molar-refractivity contribution in [1.29, 1.82) is 0 Å². The van der Waals surface area contributed by atoms with Gasteiger partial charge in [-0.1, -0.05) is 91.7 Å². The molecule has 2 fully saturated rings. The molecule has 0 saturated carbocycles. The fourth-order valence-corrected chi connectivity index (χ4v) is 6.57. The maximum Gasteiger partial charge on any atom is 0.179 e. The van der Waals surface area contributed by atoms with E-state index in [4.69, 9.17) is 16.6 Å². The van der Waals surface area contributed by atoms with Gasteiger partial charge in [0.15, 0.2) is 6.71 Å². The highest BCUT2D eigenvalue weighted by Gasteiger charge is 2.48. The Bertz CT molecular complexity index is 1090. The van der Waals surface area contributed by atoms with Crippen LogP contribution in [0, 0.1) is 16.2 Å². The summed E-state index contributed by atoms with van der Waals surface area (Å²) < 4.78 is 0. The first-order valence-corrected chi connectivity index (χ1v) is 13.9. The summed E-state index contributed by atoms with van der Waals surface area (Å²) in [6, 6.07) is 4.52. The van der Waals surface area contributed by atoms with Gasteiger partial charge < -0.3 is 9.80 Å². The van der Waals surface area contributed by atoms with E-state index in [1.807, 2.05) is 0 Å². The van der Waals surface area contributed by atoms with Crippen LogP contribution < -0.4 is 10.4 Å². The van der Waals surface area contributed by atoms with Crippen molar-refractivity contribution in [2.45, 2.75) is 80.9 Å². The zero-order valence-corrected chi connectivity index (χ0v) is 24.1. The van der Waals surface area contributed by atoms with E-state index < -0.39 is 0 Å². The fraction of sp³-hybridized carbons (Fsp3) is 0.633. The van der Waals surface area contributed by atoms with Crippen LogP contribution in [0.3, 0.4) is 0 Å². The van der Waals surface area contributed by atoms with Crippen LogP contribution >= 0.6 is 11.6 Å². The van der Waals surface area contributed by atoms with Gasteiger partial charge in [0.1, 0.15) is 0 Å². The number of nitrogens with zero attached hydrogens (tertiary/aromatic N) is 3. The number of hydrogen-bond donors (Lipinski definition) is 0. The number of piperazine rings is 1. The molecule has 0 N–H and O–H groups in total. The van der Waals surface area contributed by atoms with Gasteiger partial charge in [0, 0.05) is 48.5 Å². The predicted molar refractivity (Wildman–Crippen MR) is 156 cm³/mol. The van der Waals surface area contributed by atoms with Crippen molar-refractivity contribution in [3.8, 4) is 0 Å². The lowest BCUT2D eigenvalue weighted by Gasteiger charge is -2.40. The zero-order valence-electron chi connectivity index (χ0n) is 23.4. The van der Waals surface area contributed by atoms with E-state index in [0.29, 0.717) is 17.5 Å². The summed E-state index contributed by atoms with van der Waals surface area (Å²) in [5.41, 5.74) is 7.15. The zero-order chi connectivity index (χ0) is 25.8. The summed E-state index contributed by atoms with van der Waals surface area (Å²) >= 11 is 7.04. The maximum atomic E-state index is 7.04. The van der Waals surface area contributed by atoms with Crippen molar-refractivity contribution >= 4 is 40.4 Å². The molecule has 190 valence electrons. The Kier molecular flexibility index (Phi) is 7.03. The molecular formula is C30H45BClN3. The average molecular weight is 494 g/mol. The normalized spacial score (nSPS) is 20.1. The van der Waals surface area contributed by atoms with E-state index in [9.17, 15) is 0 Å². The van der Waals surface area contributed by atoms with Crippen molar-refractivity contribution in [3.63, 3.8) is 0 Å². The highest BCUT2D eigenvalue weighted by atomic mass is 35.5. The van der Waals surface area contributed by atoms with E-state index in [2.05, 4.69) is 90.1 Å². The van der Waals surface area contributed by atoms with Crippen LogP contribution in [0.25, 0.3) is 10.9 Å². The van der Waals surface area contributed by atoms with Crippen molar-refractivity contribution < 1.29 is 0 Å². The van der Waals surface area contributed by atoms with Gasteiger partial charge in [-0.3, -0.25) is 4.98 Å². The summed E-state index contributed by atoms with van der Waals surface area (Å²) in [7, 11) is 0. The predicted octanol–water partition coefficient (Wildman–Crippen LogP) is 7.29. The van der Waals surface area contributed by atoms with Crippen LogP contribution in [0.4, 0.5) is 5.69 Å². The van der Waals surface area contributed by atoms with Gasteiger partial charge in [-0.15, -0.1) is 0 Å². The summed E-state index contributed by atoms with van der Waals surface area (Å²) in [5, 5.41) is 2.11. The van der Waals surface area contributed by atoms with Crippen LogP contribution in [0.15, 0.2) is 30.6 Å². The molecule has 0 spiro atoms. The molecule has 0 radical (unpaired) electrons. The lowest BCUT2D eigenvalue weighted by Crippen LogP contribution is -2.46. The first-order valence-electron chi connectivity index (χ1n) is 13.5. The Balaban J connectivity index is 1.63. The third-order valence-corrected chi connectivity index (χ3v) is 9.30. The minimum Gasteiger partial charge on any atom is -0.372 e. The molecule has 0 aliphatic carbocycles. The number of aryl methyl sites for hydroxylation is 1. The second-order valence-electron chi connectivity index (χ2n) is 13.5. The van der Waals surface area contributed by atoms with Crippen molar-refractivity contribution in [1.82, 2.24) is 9.88 Å². The second-order valence-corrected chi connectivity index (χ2v) is 13.9. The largest absolute Gasteiger partial charge is 0.372 e. The lowest BCUT2D eigenvalue weighted by atomic mass is 9.42. The molecular weight excluding hydrogens is 449 g/mol. The van der Waals surface area contributed by atoms with E-state index in [0.717, 1.165) is 49.6 Å². The Morgan fingerprint density at radius 3 is 2.20 bits per heavy atom. The molecule has 0 amide bonds. The number of benzene rings is 1. The summed E-state index contributed by atoms with van der Waals surface area (Å²) in [5.74, 6) is 0. The van der Waals surface area contributed by atoms with Gasteiger partial charge in [0.25, 0.3) is 0 Å². The van der Waals surface area contributed by atoms with Gasteiger partial charge in [0.05, 0.1) is 11.2 Å². The highest BCUT2D eigenvalue weighted by molar-refractivity contribution is 6.76. The molecule has 0 unspecified atom stereocenters. The number of hydrogen-bond acceptors (Lipinski definition) is 3. The molecule has 1 aromatic heterocycles. The van der Waals surface area contributed by atoms with Gasteiger partial charge >= 0.3 is 0 Å². The smallest absolute Gasteiger partial charge is 0.179 e. The molecule has 1 aromatic carbocycles. The number of rotatable bonds is 5. The molecule has 2 aliphatic rings. The molecule has 4 rings (SSSR count). The standard InChI is InChI=1S/C30H45BClN3/c1-10-22-18-33-26-16-24(31-19-29(6,7)30(8,9)20-31)25(32)15-23(26)27(22)35-13-11-34(12-14-35)21(2)17-28(3,4)5/h15-16,18H,2,10-14,17,19-20H2,1,3-9H3. The Labute approximate surface area is 219 Å². The van der Waals surface area contributed by atoms with Gasteiger partial charge in [0.2, 0.25) is 0 Å². The van der Waals surface area contributed by atoms with E-state index in [1.54, 1.807) is 0 Å². The first-order chi connectivity index (χ1) is 16.2. The van der Waals surface area contributed by atoms with E-state index in [1.165, 1.54) is 40.4 Å². The van der Waals surface area contributed by atoms with Crippen molar-refractivity contribution in [2.24, 2.45) is 16.2 Å². The average Bonchev–Trinajstić information content (AvgIpc) is 2.98. The monoisotopic (exact) mass is 493 g/mol. The quantitative estimate of drug-likeness (QED) is 0.408. The summed E-state index contributed by atoms with van der Waals surface area (Å²) in [6.07, 6.45) is 6.46. The molecule has 35 heavy (non-hydrogen) atoms. The molecule has 2 saturated heterocycles. The van der Waals surface area contributed by atoms with Crippen molar-refractivity contribution in [3.05, 3.63) is 41.2 Å². The van der Waals surface area contributed by atoms with Gasteiger partial charge in [-0.2, -0.15) is 0 Å². The Morgan fingerprint density at radius 2 is 1.66 bits per heavy atom. The van der Waals surface area contributed by atoms with Crippen LogP contribution in [-0.2, 0) is 6.42 Å². The van der Waals surface area contributed by atoms with Crippen LogP contribution in [0.1, 0.15) is 67.4 Å². The molecule has 0 bridgehead atoms. The third kappa shape index (κ3) is 5.24. The highest BCUT2D eigenvalue weighted by Crippen LogP contribution is 2.53. The minimum absolute atomic E-state index is 0.267.